The second-order valence-corrected chi connectivity index (χ2v) is 11.4. The fraction of sp³-hybridized carbons (Fsp3) is 0.484. The van der Waals surface area contributed by atoms with Crippen LogP contribution in [0.15, 0.2) is 53.4 Å². The quantitative estimate of drug-likeness (QED) is 0.352. The topological polar surface area (TPSA) is 132 Å². The van der Waals surface area contributed by atoms with Gasteiger partial charge in [-0.05, 0) is 37.3 Å². The van der Waals surface area contributed by atoms with Gasteiger partial charge < -0.3 is 30.3 Å². The first-order valence-corrected chi connectivity index (χ1v) is 15.2. The minimum Gasteiger partial charge on any atom is -0.490 e. The number of aliphatic imine (C=N–C) groups is 1. The lowest BCUT2D eigenvalue weighted by Crippen LogP contribution is -2.41. The Hall–Kier alpha value is -4.25. The molecule has 2 atom stereocenters. The molecule has 6 rings (SSSR count). The van der Waals surface area contributed by atoms with E-state index in [1.54, 1.807) is 12.4 Å². The number of hydrogen-bond acceptors (Lipinski definition) is 10. The monoisotopic (exact) mass is 603 g/mol. The summed E-state index contributed by atoms with van der Waals surface area (Å²) in [4.78, 5) is 21.6. The van der Waals surface area contributed by atoms with Crippen molar-refractivity contribution in [2.45, 2.75) is 37.6 Å². The van der Waals surface area contributed by atoms with E-state index in [9.17, 15) is 14.4 Å². The van der Waals surface area contributed by atoms with Crippen molar-refractivity contribution in [3.8, 4) is 11.8 Å². The van der Waals surface area contributed by atoms with Gasteiger partial charge in [-0.25, -0.2) is 9.38 Å². The molecular weight excluding hydrogens is 565 g/mol. The number of nitrogens with one attached hydrogen (secondary N) is 3. The number of nitrogens with zero attached hydrogens (tertiary/aromatic N) is 6. The number of ether oxygens (including phenoxy) is 2. The fourth-order valence-corrected chi connectivity index (χ4v) is 5.99. The smallest absolute Gasteiger partial charge is 0.251 e. The fourth-order valence-electron chi connectivity index (χ4n) is 5.99. The molecule has 2 saturated heterocycles. The minimum absolute atomic E-state index is 0.0882. The number of nitriles is 1. The first-order chi connectivity index (χ1) is 21.6. The average molecular weight is 604 g/mol. The molecule has 4 aliphatic rings. The van der Waals surface area contributed by atoms with Crippen molar-refractivity contribution in [3.05, 3.63) is 65.4 Å². The maximum atomic E-state index is 14.4. The zero-order chi connectivity index (χ0) is 30.3. The van der Waals surface area contributed by atoms with Crippen molar-refractivity contribution < 1.29 is 18.7 Å². The lowest BCUT2D eigenvalue weighted by molar-refractivity contribution is 0.0383. The molecule has 2 aromatic rings. The van der Waals surface area contributed by atoms with E-state index >= 15 is 0 Å². The molecule has 2 fully saturated rings. The van der Waals surface area contributed by atoms with Gasteiger partial charge in [-0.15, -0.1) is 0 Å². The van der Waals surface area contributed by atoms with Crippen LogP contribution < -0.4 is 20.7 Å². The normalized spacial score (nSPS) is 21.3. The van der Waals surface area contributed by atoms with E-state index in [2.05, 4.69) is 41.9 Å². The summed E-state index contributed by atoms with van der Waals surface area (Å²) in [7, 11) is 0. The van der Waals surface area contributed by atoms with Gasteiger partial charge in [0.2, 0.25) is 0 Å². The van der Waals surface area contributed by atoms with E-state index < -0.39 is 5.82 Å². The van der Waals surface area contributed by atoms with E-state index in [0.29, 0.717) is 38.5 Å². The van der Waals surface area contributed by atoms with E-state index in [4.69, 9.17) is 9.47 Å². The first kappa shape index (κ1) is 29.8. The van der Waals surface area contributed by atoms with Crippen LogP contribution in [-0.2, 0) is 4.74 Å². The van der Waals surface area contributed by atoms with Gasteiger partial charge in [-0.1, -0.05) is 0 Å². The van der Waals surface area contributed by atoms with Gasteiger partial charge in [0, 0.05) is 74.8 Å². The number of aromatic nitrogens is 2. The highest BCUT2D eigenvalue weighted by Crippen LogP contribution is 2.27. The average Bonchev–Trinajstić information content (AvgIpc) is 3.72. The third-order valence-corrected chi connectivity index (χ3v) is 8.38. The number of morpholine rings is 1. The Kier molecular flexibility index (Phi) is 9.50. The summed E-state index contributed by atoms with van der Waals surface area (Å²) in [5.74, 6) is -0.456. The largest absolute Gasteiger partial charge is 0.490 e. The second-order valence-electron chi connectivity index (χ2n) is 11.4. The van der Waals surface area contributed by atoms with Crippen LogP contribution in [0.25, 0.3) is 5.70 Å². The lowest BCUT2D eigenvalue weighted by Gasteiger charge is -2.34. The molecule has 3 N–H and O–H groups in total. The highest BCUT2D eigenvalue weighted by molar-refractivity contribution is 5.94. The summed E-state index contributed by atoms with van der Waals surface area (Å²) in [5, 5.41) is 23.5. The van der Waals surface area contributed by atoms with E-state index in [1.807, 2.05) is 29.4 Å². The van der Waals surface area contributed by atoms with Crippen molar-refractivity contribution in [3.63, 3.8) is 0 Å². The molecular formula is C31H38FN9O3. The molecule has 1 amide bonds. The summed E-state index contributed by atoms with van der Waals surface area (Å²) in [5.41, 5.74) is 3.21. The molecule has 0 aliphatic carbocycles. The molecule has 2 unspecified atom stereocenters. The van der Waals surface area contributed by atoms with Crippen molar-refractivity contribution in [1.29, 1.82) is 5.26 Å². The zero-order valence-electron chi connectivity index (χ0n) is 24.6. The van der Waals surface area contributed by atoms with Crippen molar-refractivity contribution in [2.75, 3.05) is 59.0 Å². The van der Waals surface area contributed by atoms with Crippen LogP contribution in [0.1, 0.15) is 41.2 Å². The summed E-state index contributed by atoms with van der Waals surface area (Å²) >= 11 is 0. The summed E-state index contributed by atoms with van der Waals surface area (Å²) in [6.07, 6.45) is 11.0. The molecule has 0 radical (unpaired) electrons. The Morgan fingerprint density at radius 1 is 1.20 bits per heavy atom. The van der Waals surface area contributed by atoms with Crippen LogP contribution in [0.2, 0.25) is 0 Å². The van der Waals surface area contributed by atoms with Crippen LogP contribution in [-0.4, -0.2) is 103 Å². The molecule has 44 heavy (non-hydrogen) atoms. The highest BCUT2D eigenvalue weighted by atomic mass is 19.1. The molecule has 1 aromatic carbocycles. The van der Waals surface area contributed by atoms with Gasteiger partial charge in [0.25, 0.3) is 5.91 Å². The van der Waals surface area contributed by atoms with E-state index in [1.165, 1.54) is 12.1 Å². The number of carbonyl (C=O) groups is 1. The Labute approximate surface area is 256 Å². The van der Waals surface area contributed by atoms with Gasteiger partial charge >= 0.3 is 0 Å². The predicted octanol–water partition coefficient (Wildman–Crippen LogP) is 1.87. The molecule has 0 bridgehead atoms. The van der Waals surface area contributed by atoms with Crippen molar-refractivity contribution in [1.82, 2.24) is 35.5 Å². The van der Waals surface area contributed by atoms with Gasteiger partial charge in [-0.2, -0.15) is 10.4 Å². The SMILES string of the molecule is N#CCC(CN1CCC(Oc2cc(F)cc(C(=O)NCCN3CCOCC3)c2)CC1)n1cc(C2=C3C=CNC3N=CN2)cn1. The lowest BCUT2D eigenvalue weighted by atomic mass is 10.1. The summed E-state index contributed by atoms with van der Waals surface area (Å²) in [6.45, 7) is 6.54. The molecule has 4 aliphatic heterocycles. The number of carbonyl (C=O) groups excluding carboxylic acids is 1. The number of amides is 1. The Morgan fingerprint density at radius 3 is 2.86 bits per heavy atom. The maximum absolute atomic E-state index is 14.4. The third-order valence-electron chi connectivity index (χ3n) is 8.38. The second kappa shape index (κ2) is 14.0. The summed E-state index contributed by atoms with van der Waals surface area (Å²) < 4.78 is 27.8. The highest BCUT2D eigenvalue weighted by Gasteiger charge is 2.26. The number of likely N-dealkylation sites (tertiary alicyclic amines) is 1. The van der Waals surface area contributed by atoms with Gasteiger partial charge in [-0.3, -0.25) is 14.4 Å². The van der Waals surface area contributed by atoms with E-state index in [0.717, 1.165) is 62.4 Å². The van der Waals surface area contributed by atoms with Crippen LogP contribution in [0.4, 0.5) is 4.39 Å². The number of benzene rings is 1. The minimum atomic E-state index is -0.501. The Bertz CT molecular complexity index is 1450. The van der Waals surface area contributed by atoms with E-state index in [-0.39, 0.29) is 29.8 Å². The van der Waals surface area contributed by atoms with Crippen LogP contribution in [0, 0.1) is 17.1 Å². The molecule has 0 spiro atoms. The number of piperidine rings is 1. The molecule has 0 saturated carbocycles. The van der Waals surface area contributed by atoms with Gasteiger partial charge in [0.1, 0.15) is 23.8 Å². The van der Waals surface area contributed by atoms with Crippen molar-refractivity contribution in [2.24, 2.45) is 4.99 Å². The number of hydrogen-bond donors (Lipinski definition) is 3. The van der Waals surface area contributed by atoms with Crippen LogP contribution in [0.5, 0.6) is 5.75 Å². The molecule has 232 valence electrons. The first-order valence-electron chi connectivity index (χ1n) is 15.2. The number of fused-ring (bicyclic) bond motifs is 1. The molecule has 12 nitrogen and oxygen atoms in total. The standard InChI is InChI=1S/C31H38FN9O3/c32-24-15-22(31(42)35-7-10-39-11-13-43-14-12-39)16-27(17-24)44-26-3-8-40(9-4-26)20-25(1-5-33)41-19-23(18-38-41)29-28-2-6-34-30(28)37-21-36-29/h2,6,15-19,21,25-26,30,34H,1,3-4,7-14,20H2,(H,35,42)(H,36,37). The number of halogens is 1. The molecule has 5 heterocycles. The summed E-state index contributed by atoms with van der Waals surface area (Å²) in [6, 6.07) is 6.40. The van der Waals surface area contributed by atoms with Crippen LogP contribution in [0.3, 0.4) is 0 Å². The number of rotatable bonds is 11. The van der Waals surface area contributed by atoms with Crippen LogP contribution >= 0.6 is 0 Å². The Balaban J connectivity index is 1.00. The van der Waals surface area contributed by atoms with Crippen molar-refractivity contribution >= 4 is 17.9 Å². The zero-order valence-corrected chi connectivity index (χ0v) is 24.6. The maximum Gasteiger partial charge on any atom is 0.251 e. The Morgan fingerprint density at radius 2 is 2.05 bits per heavy atom. The molecule has 1 aromatic heterocycles. The third kappa shape index (κ3) is 7.27. The molecule has 13 heteroatoms. The van der Waals surface area contributed by atoms with Gasteiger partial charge in [0.05, 0.1) is 50.0 Å². The predicted molar refractivity (Wildman–Crippen MR) is 162 cm³/mol. The van der Waals surface area contributed by atoms with Gasteiger partial charge in [0.15, 0.2) is 0 Å².